The van der Waals surface area contributed by atoms with Crippen molar-refractivity contribution in [1.82, 2.24) is 10.2 Å². The highest BCUT2D eigenvalue weighted by atomic mass is 19.4. The molecule has 1 aromatic heterocycles. The molecule has 0 amide bonds. The van der Waals surface area contributed by atoms with Crippen LogP contribution in [0.1, 0.15) is 74.6 Å². The predicted octanol–water partition coefficient (Wildman–Crippen LogP) is 5.59. The Hall–Kier alpha value is -2.39. The predicted molar refractivity (Wildman–Crippen MR) is 120 cm³/mol. The average molecular weight is 468 g/mol. The number of alkyl halides is 3. The van der Waals surface area contributed by atoms with Crippen LogP contribution in [0.2, 0.25) is 0 Å². The first kappa shape index (κ1) is 25.2. The first-order valence-electron chi connectivity index (χ1n) is 11.6. The van der Waals surface area contributed by atoms with Crippen molar-refractivity contribution in [2.45, 2.75) is 84.2 Å². The monoisotopic (exact) mass is 467 g/mol. The number of unbranched alkanes of at least 4 members (excludes halogenated alkanes) is 2. The second-order valence-electron chi connectivity index (χ2n) is 8.44. The number of hydrogen-bond acceptors (Lipinski definition) is 6. The third-order valence-electron chi connectivity index (χ3n) is 6.07. The Balaban J connectivity index is 2.08. The summed E-state index contributed by atoms with van der Waals surface area (Å²) in [4.78, 5) is 0. The lowest BCUT2D eigenvalue weighted by atomic mass is 9.93. The molecular formula is C24H32F3N3O3. The van der Waals surface area contributed by atoms with E-state index in [0.717, 1.165) is 38.2 Å². The van der Waals surface area contributed by atoms with E-state index in [-0.39, 0.29) is 36.1 Å². The number of phenolic OH excluding ortho intramolecular Hbond substituents is 1. The third-order valence-corrected chi connectivity index (χ3v) is 6.07. The Bertz CT molecular complexity index is 951. The molecule has 182 valence electrons. The number of fused-ring (bicyclic) bond motifs is 3. The van der Waals surface area contributed by atoms with Crippen LogP contribution in [0.5, 0.6) is 5.75 Å². The SMILES string of the molecule is CCCCCC(CC)Nc1nnc2c(c1CO)CCCOCc1cc(C(F)(F)F)cc(O)c1-2. The molecule has 1 unspecified atom stereocenters. The molecule has 0 radical (unpaired) electrons. The lowest BCUT2D eigenvalue weighted by Crippen LogP contribution is -2.21. The molecule has 1 aromatic carbocycles. The number of anilines is 1. The van der Waals surface area contributed by atoms with E-state index >= 15 is 0 Å². The molecule has 1 aliphatic heterocycles. The van der Waals surface area contributed by atoms with Crippen molar-refractivity contribution in [3.63, 3.8) is 0 Å². The van der Waals surface area contributed by atoms with Crippen molar-refractivity contribution in [2.24, 2.45) is 0 Å². The summed E-state index contributed by atoms with van der Waals surface area (Å²) in [6.07, 6.45) is 1.67. The van der Waals surface area contributed by atoms with Gasteiger partial charge in [0.15, 0.2) is 5.82 Å². The second-order valence-corrected chi connectivity index (χ2v) is 8.44. The van der Waals surface area contributed by atoms with Gasteiger partial charge in [0.2, 0.25) is 0 Å². The number of aliphatic hydroxyl groups is 1. The maximum atomic E-state index is 13.3. The standard InChI is InChI=1S/C24H32F3N3O3/c1-3-5-6-8-17(4-2)28-23-19(13-31)18-9-7-10-33-14-15-11-16(24(25,26)27)12-20(32)21(15)22(18)29-30-23/h11-12,17,31-32H,3-10,13-14H2,1-2H3,(H,28,30). The van der Waals surface area contributed by atoms with Gasteiger partial charge in [-0.05, 0) is 48.9 Å². The molecule has 0 spiro atoms. The number of phenols is 1. The zero-order valence-electron chi connectivity index (χ0n) is 19.1. The average Bonchev–Trinajstić information content (AvgIpc) is 2.86. The van der Waals surface area contributed by atoms with Crippen LogP contribution in [0.15, 0.2) is 12.1 Å². The van der Waals surface area contributed by atoms with E-state index in [9.17, 15) is 23.4 Å². The number of nitrogens with zero attached hydrogens (tertiary/aromatic N) is 2. The van der Waals surface area contributed by atoms with Gasteiger partial charge in [0, 0.05) is 23.8 Å². The normalized spacial score (nSPS) is 15.1. The molecule has 1 atom stereocenters. The maximum absolute atomic E-state index is 13.3. The highest BCUT2D eigenvalue weighted by Gasteiger charge is 2.33. The molecule has 2 heterocycles. The molecular weight excluding hydrogens is 435 g/mol. The topological polar surface area (TPSA) is 87.5 Å². The number of aliphatic hydroxyl groups excluding tert-OH is 1. The van der Waals surface area contributed by atoms with Gasteiger partial charge in [-0.2, -0.15) is 13.2 Å². The fraction of sp³-hybridized carbons (Fsp3) is 0.583. The van der Waals surface area contributed by atoms with Crippen LogP contribution < -0.4 is 5.32 Å². The summed E-state index contributed by atoms with van der Waals surface area (Å²) in [6, 6.07) is 1.86. The lowest BCUT2D eigenvalue weighted by molar-refractivity contribution is -0.137. The van der Waals surface area contributed by atoms with Gasteiger partial charge in [0.05, 0.1) is 18.8 Å². The first-order valence-corrected chi connectivity index (χ1v) is 11.6. The van der Waals surface area contributed by atoms with Crippen LogP contribution in [0.3, 0.4) is 0 Å². The molecule has 6 nitrogen and oxygen atoms in total. The van der Waals surface area contributed by atoms with E-state index in [1.54, 1.807) is 0 Å². The van der Waals surface area contributed by atoms with Gasteiger partial charge in [-0.15, -0.1) is 10.2 Å². The smallest absolute Gasteiger partial charge is 0.416 e. The van der Waals surface area contributed by atoms with E-state index < -0.39 is 17.5 Å². The number of halogens is 3. The molecule has 2 aromatic rings. The Morgan fingerprint density at radius 1 is 1.18 bits per heavy atom. The van der Waals surface area contributed by atoms with Crippen LogP contribution in [0.4, 0.5) is 19.0 Å². The van der Waals surface area contributed by atoms with E-state index in [4.69, 9.17) is 4.74 Å². The van der Waals surface area contributed by atoms with Crippen LogP contribution in [0.25, 0.3) is 11.3 Å². The zero-order chi connectivity index (χ0) is 24.0. The molecule has 0 saturated carbocycles. The largest absolute Gasteiger partial charge is 0.507 e. The first-order chi connectivity index (χ1) is 15.8. The van der Waals surface area contributed by atoms with E-state index in [1.165, 1.54) is 0 Å². The van der Waals surface area contributed by atoms with Crippen LogP contribution in [-0.2, 0) is 30.5 Å². The van der Waals surface area contributed by atoms with E-state index in [2.05, 4.69) is 29.4 Å². The van der Waals surface area contributed by atoms with Gasteiger partial charge in [-0.25, -0.2) is 0 Å². The minimum atomic E-state index is -4.60. The minimum absolute atomic E-state index is 0.0856. The number of benzene rings is 1. The van der Waals surface area contributed by atoms with Crippen molar-refractivity contribution in [3.8, 4) is 17.0 Å². The molecule has 0 bridgehead atoms. The number of hydrogen-bond donors (Lipinski definition) is 3. The minimum Gasteiger partial charge on any atom is -0.507 e. The molecule has 9 heteroatoms. The van der Waals surface area contributed by atoms with Gasteiger partial charge in [-0.1, -0.05) is 33.1 Å². The van der Waals surface area contributed by atoms with Crippen LogP contribution in [-0.4, -0.2) is 33.1 Å². The van der Waals surface area contributed by atoms with Crippen LogP contribution in [0, 0.1) is 0 Å². The van der Waals surface area contributed by atoms with Crippen LogP contribution >= 0.6 is 0 Å². The molecule has 1 aliphatic rings. The zero-order valence-corrected chi connectivity index (χ0v) is 19.1. The number of aromatic nitrogens is 2. The Morgan fingerprint density at radius 2 is 1.97 bits per heavy atom. The highest BCUT2D eigenvalue weighted by molar-refractivity contribution is 5.76. The fourth-order valence-corrected chi connectivity index (χ4v) is 4.25. The maximum Gasteiger partial charge on any atom is 0.416 e. The fourth-order valence-electron chi connectivity index (χ4n) is 4.25. The summed E-state index contributed by atoms with van der Waals surface area (Å²) in [5, 5.41) is 32.8. The summed E-state index contributed by atoms with van der Waals surface area (Å²) < 4.78 is 45.5. The van der Waals surface area contributed by atoms with Crippen molar-refractivity contribution in [3.05, 3.63) is 34.4 Å². The lowest BCUT2D eigenvalue weighted by Gasteiger charge is -2.22. The summed E-state index contributed by atoms with van der Waals surface area (Å²) in [6.45, 7) is 4.18. The van der Waals surface area contributed by atoms with Gasteiger partial charge in [-0.3, -0.25) is 0 Å². The molecule has 0 fully saturated rings. The molecule has 3 rings (SSSR count). The summed E-state index contributed by atoms with van der Waals surface area (Å²) in [5.74, 6) is -0.0517. The summed E-state index contributed by atoms with van der Waals surface area (Å²) in [7, 11) is 0. The van der Waals surface area contributed by atoms with Crippen molar-refractivity contribution >= 4 is 5.82 Å². The van der Waals surface area contributed by atoms with Gasteiger partial charge >= 0.3 is 6.18 Å². The number of nitrogens with one attached hydrogen (secondary N) is 1. The van der Waals surface area contributed by atoms with Gasteiger partial charge in [0.25, 0.3) is 0 Å². The number of rotatable bonds is 8. The summed E-state index contributed by atoms with van der Waals surface area (Å²) in [5.41, 5.74) is 0.922. The second kappa shape index (κ2) is 11.2. The quantitative estimate of drug-likeness (QED) is 0.439. The Labute approximate surface area is 192 Å². The molecule has 3 N–H and O–H groups in total. The molecule has 0 saturated heterocycles. The van der Waals surface area contributed by atoms with Crippen molar-refractivity contribution < 1.29 is 28.1 Å². The van der Waals surface area contributed by atoms with Gasteiger partial charge < -0.3 is 20.3 Å². The third kappa shape index (κ3) is 5.95. The Morgan fingerprint density at radius 3 is 2.64 bits per heavy atom. The number of aromatic hydroxyl groups is 1. The van der Waals surface area contributed by atoms with Gasteiger partial charge in [0.1, 0.15) is 11.4 Å². The van der Waals surface area contributed by atoms with Crippen molar-refractivity contribution in [1.29, 1.82) is 0 Å². The Kier molecular flexibility index (Phi) is 8.53. The van der Waals surface area contributed by atoms with E-state index in [0.29, 0.717) is 42.5 Å². The highest BCUT2D eigenvalue weighted by Crippen LogP contribution is 2.42. The van der Waals surface area contributed by atoms with Crippen molar-refractivity contribution in [2.75, 3.05) is 11.9 Å². The molecule has 0 aliphatic carbocycles. The van der Waals surface area contributed by atoms with E-state index in [1.807, 2.05) is 0 Å². The molecule has 33 heavy (non-hydrogen) atoms. The summed E-state index contributed by atoms with van der Waals surface area (Å²) >= 11 is 0. The number of ether oxygens (including phenoxy) is 1.